The van der Waals surface area contributed by atoms with E-state index in [4.69, 9.17) is 5.73 Å². The van der Waals surface area contributed by atoms with E-state index in [9.17, 15) is 8.78 Å². The van der Waals surface area contributed by atoms with E-state index in [0.29, 0.717) is 0 Å². The Morgan fingerprint density at radius 3 is 2.39 bits per heavy atom. The maximum absolute atomic E-state index is 13.6. The fourth-order valence-electron chi connectivity index (χ4n) is 1.75. The van der Waals surface area contributed by atoms with Crippen LogP contribution in [0.4, 0.5) is 20.2 Å². The van der Waals surface area contributed by atoms with E-state index in [1.54, 1.807) is 0 Å². The fourth-order valence-corrected chi connectivity index (χ4v) is 1.75. The summed E-state index contributed by atoms with van der Waals surface area (Å²) in [5, 5.41) is 2.90. The summed E-state index contributed by atoms with van der Waals surface area (Å²) in [6, 6.07) is 11.7. The molecule has 2 aromatic carbocycles. The van der Waals surface area contributed by atoms with E-state index in [2.05, 4.69) is 5.32 Å². The number of nitrogens with one attached hydrogen (secondary N) is 1. The second kappa shape index (κ2) is 5.04. The molecule has 18 heavy (non-hydrogen) atoms. The molecule has 0 aliphatic rings. The first kappa shape index (κ1) is 12.4. The van der Waals surface area contributed by atoms with E-state index in [-0.39, 0.29) is 17.4 Å². The number of nitrogens with two attached hydrogens (primary N) is 1. The molecule has 0 spiro atoms. The van der Waals surface area contributed by atoms with Crippen molar-refractivity contribution in [1.82, 2.24) is 0 Å². The lowest BCUT2D eigenvalue weighted by atomic mass is 10.1. The lowest BCUT2D eigenvalue weighted by molar-refractivity contribution is 0.510. The van der Waals surface area contributed by atoms with Gasteiger partial charge in [-0.2, -0.15) is 0 Å². The van der Waals surface area contributed by atoms with Crippen molar-refractivity contribution in [3.05, 3.63) is 59.7 Å². The second-order valence-corrected chi connectivity index (χ2v) is 4.10. The van der Waals surface area contributed by atoms with Crippen LogP contribution < -0.4 is 11.1 Å². The molecule has 0 aliphatic heterocycles. The van der Waals surface area contributed by atoms with Crippen molar-refractivity contribution in [2.24, 2.45) is 0 Å². The van der Waals surface area contributed by atoms with Crippen LogP contribution in [0.3, 0.4) is 0 Å². The topological polar surface area (TPSA) is 38.0 Å². The zero-order valence-electron chi connectivity index (χ0n) is 9.95. The average molecular weight is 248 g/mol. The normalized spacial score (nSPS) is 12.2. The molecular weight excluding hydrogens is 234 g/mol. The predicted octanol–water partition coefficient (Wildman–Crippen LogP) is 3.72. The summed E-state index contributed by atoms with van der Waals surface area (Å²) < 4.78 is 26.8. The monoisotopic (exact) mass is 248 g/mol. The van der Waals surface area contributed by atoms with Crippen LogP contribution in [0, 0.1) is 11.6 Å². The lowest BCUT2D eigenvalue weighted by Gasteiger charge is -2.17. The van der Waals surface area contributed by atoms with Gasteiger partial charge in [-0.25, -0.2) is 8.78 Å². The van der Waals surface area contributed by atoms with Gasteiger partial charge in [0.05, 0.1) is 11.4 Å². The number of hydrogen-bond acceptors (Lipinski definition) is 2. The Labute approximate surface area is 104 Å². The summed E-state index contributed by atoms with van der Waals surface area (Å²) in [5.74, 6) is -1.86. The SMILES string of the molecule is CC(Nc1c(N)ccc(F)c1F)c1ccccc1. The molecule has 0 heterocycles. The van der Waals surface area contributed by atoms with E-state index in [1.165, 1.54) is 6.07 Å². The highest BCUT2D eigenvalue weighted by Gasteiger charge is 2.14. The highest BCUT2D eigenvalue weighted by molar-refractivity contribution is 5.67. The first-order valence-corrected chi connectivity index (χ1v) is 5.64. The summed E-state index contributed by atoms with van der Waals surface area (Å²) in [5.41, 5.74) is 6.82. The molecule has 0 saturated carbocycles. The highest BCUT2D eigenvalue weighted by atomic mass is 19.2. The Morgan fingerprint density at radius 1 is 1.06 bits per heavy atom. The number of nitrogen functional groups attached to an aromatic ring is 1. The third-order valence-electron chi connectivity index (χ3n) is 2.79. The molecule has 2 rings (SSSR count). The highest BCUT2D eigenvalue weighted by Crippen LogP contribution is 2.28. The molecule has 94 valence electrons. The van der Waals surface area contributed by atoms with Crippen molar-refractivity contribution in [3.63, 3.8) is 0 Å². The minimum absolute atomic E-state index is 0.00588. The van der Waals surface area contributed by atoms with Gasteiger partial charge in [-0.05, 0) is 24.6 Å². The van der Waals surface area contributed by atoms with Gasteiger partial charge >= 0.3 is 0 Å². The van der Waals surface area contributed by atoms with Gasteiger partial charge < -0.3 is 11.1 Å². The fraction of sp³-hybridized carbons (Fsp3) is 0.143. The maximum atomic E-state index is 13.6. The van der Waals surface area contributed by atoms with E-state index in [0.717, 1.165) is 11.6 Å². The molecule has 0 bridgehead atoms. The minimum atomic E-state index is -0.946. The molecule has 0 aromatic heterocycles. The van der Waals surface area contributed by atoms with Gasteiger partial charge in [0.1, 0.15) is 0 Å². The summed E-state index contributed by atoms with van der Waals surface area (Å²) in [6.45, 7) is 1.86. The molecule has 2 nitrogen and oxygen atoms in total. The van der Waals surface area contributed by atoms with Crippen molar-refractivity contribution in [2.75, 3.05) is 11.1 Å². The van der Waals surface area contributed by atoms with E-state index < -0.39 is 11.6 Å². The summed E-state index contributed by atoms with van der Waals surface area (Å²) in [7, 11) is 0. The molecule has 0 fully saturated rings. The molecule has 1 atom stereocenters. The maximum Gasteiger partial charge on any atom is 0.183 e. The van der Waals surface area contributed by atoms with Crippen LogP contribution >= 0.6 is 0 Å². The Balaban J connectivity index is 2.27. The van der Waals surface area contributed by atoms with Gasteiger partial charge in [0.25, 0.3) is 0 Å². The lowest BCUT2D eigenvalue weighted by Crippen LogP contribution is -2.10. The first-order valence-electron chi connectivity index (χ1n) is 5.64. The third kappa shape index (κ3) is 2.42. The van der Waals surface area contributed by atoms with Crippen LogP contribution in [0.1, 0.15) is 18.5 Å². The molecule has 0 saturated heterocycles. The van der Waals surface area contributed by atoms with Crippen LogP contribution in [0.25, 0.3) is 0 Å². The van der Waals surface area contributed by atoms with Crippen molar-refractivity contribution >= 4 is 11.4 Å². The summed E-state index contributed by atoms with van der Waals surface area (Å²) in [6.07, 6.45) is 0. The van der Waals surface area contributed by atoms with Crippen molar-refractivity contribution in [1.29, 1.82) is 0 Å². The van der Waals surface area contributed by atoms with Crippen LogP contribution in [0.2, 0.25) is 0 Å². The Bertz CT molecular complexity index is 541. The van der Waals surface area contributed by atoms with E-state index >= 15 is 0 Å². The van der Waals surface area contributed by atoms with Crippen LogP contribution in [0.15, 0.2) is 42.5 Å². The van der Waals surface area contributed by atoms with Gasteiger partial charge in [-0.1, -0.05) is 30.3 Å². The second-order valence-electron chi connectivity index (χ2n) is 4.10. The summed E-state index contributed by atoms with van der Waals surface area (Å²) >= 11 is 0. The minimum Gasteiger partial charge on any atom is -0.397 e. The smallest absolute Gasteiger partial charge is 0.183 e. The van der Waals surface area contributed by atoms with Crippen LogP contribution in [-0.4, -0.2) is 0 Å². The van der Waals surface area contributed by atoms with Gasteiger partial charge in [0.15, 0.2) is 11.6 Å². The van der Waals surface area contributed by atoms with Gasteiger partial charge in [0, 0.05) is 6.04 Å². The molecule has 0 aliphatic carbocycles. The molecule has 3 N–H and O–H groups in total. The quantitative estimate of drug-likeness (QED) is 0.812. The zero-order chi connectivity index (χ0) is 13.1. The zero-order valence-corrected chi connectivity index (χ0v) is 9.95. The molecule has 1 unspecified atom stereocenters. The summed E-state index contributed by atoms with van der Waals surface area (Å²) in [4.78, 5) is 0. The first-order chi connectivity index (χ1) is 8.59. The van der Waals surface area contributed by atoms with Crippen molar-refractivity contribution in [3.8, 4) is 0 Å². The predicted molar refractivity (Wildman–Crippen MR) is 69.3 cm³/mol. The van der Waals surface area contributed by atoms with Gasteiger partial charge in [-0.3, -0.25) is 0 Å². The average Bonchev–Trinajstić information content (AvgIpc) is 2.40. The van der Waals surface area contributed by atoms with Crippen molar-refractivity contribution < 1.29 is 8.78 Å². The number of anilines is 2. The number of hydrogen-bond donors (Lipinski definition) is 2. The Kier molecular flexibility index (Phi) is 3.46. The number of benzene rings is 2. The molecule has 0 radical (unpaired) electrons. The van der Waals surface area contributed by atoms with Gasteiger partial charge in [-0.15, -0.1) is 0 Å². The largest absolute Gasteiger partial charge is 0.397 e. The Hall–Kier alpha value is -2.10. The number of halogens is 2. The third-order valence-corrected chi connectivity index (χ3v) is 2.79. The van der Waals surface area contributed by atoms with Crippen LogP contribution in [0.5, 0.6) is 0 Å². The Morgan fingerprint density at radius 2 is 1.72 bits per heavy atom. The molecule has 0 amide bonds. The van der Waals surface area contributed by atoms with Crippen molar-refractivity contribution in [2.45, 2.75) is 13.0 Å². The van der Waals surface area contributed by atoms with Gasteiger partial charge in [0.2, 0.25) is 0 Å². The molecule has 2 aromatic rings. The molecular formula is C14H14F2N2. The standard InChI is InChI=1S/C14H14F2N2/c1-9(10-5-3-2-4-6-10)18-14-12(17)8-7-11(15)13(14)16/h2-9,18H,17H2,1H3. The van der Waals surface area contributed by atoms with Crippen LogP contribution in [-0.2, 0) is 0 Å². The van der Waals surface area contributed by atoms with E-state index in [1.807, 2.05) is 37.3 Å². The number of rotatable bonds is 3. The molecule has 4 heteroatoms.